The molecule has 0 aliphatic heterocycles. The predicted octanol–water partition coefficient (Wildman–Crippen LogP) is 3.68. The Morgan fingerprint density at radius 2 is 2.07 bits per heavy atom. The number of fused-ring (bicyclic) bond motifs is 1. The molecule has 0 fully saturated rings. The molecule has 0 bridgehead atoms. The summed E-state index contributed by atoms with van der Waals surface area (Å²) in [5.41, 5.74) is 3.44. The van der Waals surface area contributed by atoms with Gasteiger partial charge in [-0.15, -0.1) is 0 Å². The van der Waals surface area contributed by atoms with E-state index in [-0.39, 0.29) is 11.9 Å². The van der Waals surface area contributed by atoms with Crippen LogP contribution in [0.25, 0.3) is 5.82 Å². The average Bonchev–Trinajstić information content (AvgIpc) is 3.26. The van der Waals surface area contributed by atoms with Crippen LogP contribution in [-0.2, 0) is 12.8 Å². The zero-order valence-electron chi connectivity index (χ0n) is 15.6. The smallest absolute Gasteiger partial charge is 0.255 e. The average molecular weight is 360 g/mol. The van der Waals surface area contributed by atoms with Gasteiger partial charge in [0.1, 0.15) is 12.1 Å². The largest absolute Gasteiger partial charge is 0.335 e. The third-order valence-corrected chi connectivity index (χ3v) is 5.25. The molecule has 138 valence electrons. The number of hydrogen-bond acceptors (Lipinski definition) is 3. The van der Waals surface area contributed by atoms with Crippen molar-refractivity contribution in [3.05, 3.63) is 78.0 Å². The lowest BCUT2D eigenvalue weighted by atomic mass is 9.87. The summed E-state index contributed by atoms with van der Waals surface area (Å²) < 4.78 is 1.83. The first-order valence-electron chi connectivity index (χ1n) is 9.58. The summed E-state index contributed by atoms with van der Waals surface area (Å²) in [6, 6.07) is 12.6. The Kier molecular flexibility index (Phi) is 5.01. The lowest BCUT2D eigenvalue weighted by Gasteiger charge is -2.35. The molecular formula is C22H24N4O. The van der Waals surface area contributed by atoms with Crippen molar-refractivity contribution < 1.29 is 4.79 Å². The monoisotopic (exact) mass is 360 g/mol. The normalized spacial score (nSPS) is 16.0. The molecule has 0 saturated heterocycles. The van der Waals surface area contributed by atoms with Crippen molar-refractivity contribution >= 4 is 5.91 Å². The van der Waals surface area contributed by atoms with E-state index in [9.17, 15) is 4.79 Å². The van der Waals surface area contributed by atoms with Crippen LogP contribution in [0.1, 0.15) is 41.3 Å². The molecule has 1 aliphatic carbocycles. The van der Waals surface area contributed by atoms with Crippen molar-refractivity contribution in [2.75, 3.05) is 6.54 Å². The molecule has 4 rings (SSSR count). The molecule has 1 atom stereocenters. The SMILES string of the molecule is CCCN(C(=O)c1ccc(-n2ccnc2)nc1)[C@@H]1CCc2ccccc2C1. The molecule has 2 aromatic heterocycles. The van der Waals surface area contributed by atoms with E-state index >= 15 is 0 Å². The summed E-state index contributed by atoms with van der Waals surface area (Å²) in [5, 5.41) is 0. The maximum atomic E-state index is 13.2. The highest BCUT2D eigenvalue weighted by Crippen LogP contribution is 2.25. The predicted molar refractivity (Wildman–Crippen MR) is 105 cm³/mol. The van der Waals surface area contributed by atoms with Gasteiger partial charge in [0, 0.05) is 31.2 Å². The third kappa shape index (κ3) is 3.63. The highest BCUT2D eigenvalue weighted by atomic mass is 16.2. The van der Waals surface area contributed by atoms with Gasteiger partial charge in [-0.05, 0) is 48.9 Å². The summed E-state index contributed by atoms with van der Waals surface area (Å²) in [5.74, 6) is 0.837. The van der Waals surface area contributed by atoms with Crippen LogP contribution in [0.3, 0.4) is 0 Å². The summed E-state index contributed by atoms with van der Waals surface area (Å²) in [4.78, 5) is 23.7. The van der Waals surface area contributed by atoms with Gasteiger partial charge in [0.15, 0.2) is 0 Å². The van der Waals surface area contributed by atoms with E-state index in [1.807, 2.05) is 27.8 Å². The lowest BCUT2D eigenvalue weighted by Crippen LogP contribution is -2.44. The summed E-state index contributed by atoms with van der Waals surface area (Å²) >= 11 is 0. The first kappa shape index (κ1) is 17.5. The number of rotatable bonds is 5. The van der Waals surface area contributed by atoms with Gasteiger partial charge < -0.3 is 4.90 Å². The zero-order chi connectivity index (χ0) is 18.6. The summed E-state index contributed by atoms with van der Waals surface area (Å²) in [6.45, 7) is 2.90. The van der Waals surface area contributed by atoms with Gasteiger partial charge >= 0.3 is 0 Å². The Morgan fingerprint density at radius 1 is 1.22 bits per heavy atom. The van der Waals surface area contributed by atoms with Gasteiger partial charge in [-0.2, -0.15) is 0 Å². The van der Waals surface area contributed by atoms with Crippen molar-refractivity contribution in [2.45, 2.75) is 38.6 Å². The number of aromatic nitrogens is 3. The standard InChI is InChI=1S/C22H24N4O/c1-2-12-26(20-9-7-17-5-3-4-6-18(17)14-20)22(27)19-8-10-21(24-15-19)25-13-11-23-16-25/h3-6,8,10-11,13,15-16,20H,2,7,9,12,14H2,1H3/t20-/m1/s1. The van der Waals surface area contributed by atoms with Crippen molar-refractivity contribution in [1.82, 2.24) is 19.4 Å². The molecule has 0 spiro atoms. The number of hydrogen-bond donors (Lipinski definition) is 0. The van der Waals surface area contributed by atoms with Crippen LogP contribution >= 0.6 is 0 Å². The quantitative estimate of drug-likeness (QED) is 0.697. The van der Waals surface area contributed by atoms with Gasteiger partial charge in [0.05, 0.1) is 5.56 Å². The van der Waals surface area contributed by atoms with Gasteiger partial charge in [0.2, 0.25) is 0 Å². The number of amides is 1. The van der Waals surface area contributed by atoms with E-state index in [0.717, 1.165) is 38.0 Å². The zero-order valence-corrected chi connectivity index (χ0v) is 15.6. The lowest BCUT2D eigenvalue weighted by molar-refractivity contribution is 0.0661. The molecule has 1 aromatic carbocycles. The van der Waals surface area contributed by atoms with E-state index < -0.39 is 0 Å². The Morgan fingerprint density at radius 3 is 2.78 bits per heavy atom. The van der Waals surface area contributed by atoms with Crippen LogP contribution < -0.4 is 0 Å². The Labute approximate surface area is 159 Å². The Bertz CT molecular complexity index is 902. The fourth-order valence-corrected chi connectivity index (χ4v) is 3.86. The number of carbonyl (C=O) groups excluding carboxylic acids is 1. The van der Waals surface area contributed by atoms with Gasteiger partial charge in [-0.1, -0.05) is 31.2 Å². The number of benzene rings is 1. The molecule has 1 aliphatic rings. The van der Waals surface area contributed by atoms with Crippen LogP contribution in [0.5, 0.6) is 0 Å². The summed E-state index contributed by atoms with van der Waals surface area (Å²) in [7, 11) is 0. The molecule has 3 aromatic rings. The molecule has 5 heteroatoms. The minimum Gasteiger partial charge on any atom is -0.335 e. The molecule has 2 heterocycles. The van der Waals surface area contributed by atoms with Crippen molar-refractivity contribution in [2.24, 2.45) is 0 Å². The van der Waals surface area contributed by atoms with Crippen LogP contribution in [0, 0.1) is 0 Å². The molecule has 0 unspecified atom stereocenters. The third-order valence-electron chi connectivity index (χ3n) is 5.25. The van der Waals surface area contributed by atoms with E-state index in [1.54, 1.807) is 18.7 Å². The summed E-state index contributed by atoms with van der Waals surface area (Å²) in [6.07, 6.45) is 10.9. The van der Waals surface area contributed by atoms with E-state index in [1.165, 1.54) is 11.1 Å². The Balaban J connectivity index is 1.54. The Hall–Kier alpha value is -2.95. The maximum absolute atomic E-state index is 13.2. The molecule has 0 N–H and O–H groups in total. The number of pyridine rings is 1. The highest BCUT2D eigenvalue weighted by molar-refractivity contribution is 5.94. The van der Waals surface area contributed by atoms with Gasteiger partial charge in [-0.3, -0.25) is 9.36 Å². The van der Waals surface area contributed by atoms with Crippen LogP contribution in [0.2, 0.25) is 0 Å². The molecule has 1 amide bonds. The van der Waals surface area contributed by atoms with E-state index in [4.69, 9.17) is 0 Å². The van der Waals surface area contributed by atoms with Crippen molar-refractivity contribution in [3.63, 3.8) is 0 Å². The minimum absolute atomic E-state index is 0.0749. The maximum Gasteiger partial charge on any atom is 0.255 e. The van der Waals surface area contributed by atoms with Crippen LogP contribution in [0.4, 0.5) is 0 Å². The van der Waals surface area contributed by atoms with Crippen LogP contribution in [0.15, 0.2) is 61.3 Å². The molecule has 0 saturated carbocycles. The van der Waals surface area contributed by atoms with E-state index in [0.29, 0.717) is 5.56 Å². The van der Waals surface area contributed by atoms with Gasteiger partial charge in [0.25, 0.3) is 5.91 Å². The fourth-order valence-electron chi connectivity index (χ4n) is 3.86. The number of aryl methyl sites for hydroxylation is 1. The second kappa shape index (κ2) is 7.74. The first-order chi connectivity index (χ1) is 13.3. The number of nitrogens with zero attached hydrogens (tertiary/aromatic N) is 4. The highest BCUT2D eigenvalue weighted by Gasteiger charge is 2.28. The fraction of sp³-hybridized carbons (Fsp3) is 0.318. The minimum atomic E-state index is 0.0749. The van der Waals surface area contributed by atoms with E-state index in [2.05, 4.69) is 41.2 Å². The number of carbonyl (C=O) groups is 1. The second-order valence-corrected chi connectivity index (χ2v) is 7.04. The first-order valence-corrected chi connectivity index (χ1v) is 9.58. The molecule has 27 heavy (non-hydrogen) atoms. The van der Waals surface area contributed by atoms with Crippen LogP contribution in [-0.4, -0.2) is 37.9 Å². The molecule has 0 radical (unpaired) electrons. The van der Waals surface area contributed by atoms with Crippen molar-refractivity contribution in [3.8, 4) is 5.82 Å². The molecule has 5 nitrogen and oxygen atoms in total. The van der Waals surface area contributed by atoms with Crippen molar-refractivity contribution in [1.29, 1.82) is 0 Å². The number of imidazole rings is 1. The molecular weight excluding hydrogens is 336 g/mol. The topological polar surface area (TPSA) is 51.0 Å². The van der Waals surface area contributed by atoms with Gasteiger partial charge in [-0.25, -0.2) is 9.97 Å². The second-order valence-electron chi connectivity index (χ2n) is 7.04.